The average molecular weight is 258 g/mol. The minimum Gasteiger partial charge on any atom is -0.394 e. The summed E-state index contributed by atoms with van der Waals surface area (Å²) in [5.74, 6) is -1.12. The van der Waals surface area contributed by atoms with E-state index >= 15 is 0 Å². The van der Waals surface area contributed by atoms with Gasteiger partial charge in [-0.3, -0.25) is 9.59 Å². The van der Waals surface area contributed by atoms with Crippen molar-refractivity contribution >= 4 is 35.8 Å². The fourth-order valence-corrected chi connectivity index (χ4v) is 0.202. The number of carbonyl (C=O) groups excluding carboxylic acids is 2. The molecule has 0 aromatic carbocycles. The first-order valence-corrected chi connectivity index (χ1v) is 4.73. The molecule has 7 radical (unpaired) electrons. The lowest BCUT2D eigenvalue weighted by molar-refractivity contribution is -0.156. The van der Waals surface area contributed by atoms with E-state index in [2.05, 4.69) is 25.9 Å². The predicted molar refractivity (Wildman–Crippen MR) is 86.0 cm³/mol. The van der Waals surface area contributed by atoms with Crippen molar-refractivity contribution in [1.29, 1.82) is 0 Å². The third kappa shape index (κ3) is 288. The van der Waals surface area contributed by atoms with Gasteiger partial charge in [0.25, 0.3) is 0 Å². The van der Waals surface area contributed by atoms with Crippen LogP contribution in [0.1, 0.15) is 56.4 Å². The summed E-state index contributed by atoms with van der Waals surface area (Å²) in [6, 6.07) is 0. The second-order valence-electron chi connectivity index (χ2n) is 1.09. The lowest BCUT2D eigenvalue weighted by Crippen LogP contribution is -2.03. The molecule has 0 spiro atoms. The van der Waals surface area contributed by atoms with Crippen LogP contribution in [-0.4, -0.2) is 42.9 Å². The van der Waals surface area contributed by atoms with E-state index < -0.39 is 11.9 Å². The van der Waals surface area contributed by atoms with Crippen molar-refractivity contribution in [3.63, 3.8) is 0 Å². The largest absolute Gasteiger partial charge is 0.394 e. The van der Waals surface area contributed by atoms with Crippen molar-refractivity contribution in [3.05, 3.63) is 0 Å². The molecule has 0 aromatic rings. The van der Waals surface area contributed by atoms with Crippen LogP contribution in [0.25, 0.3) is 0 Å². The fraction of sp³-hybridized carbons (Fsp3) is 0.818. The van der Waals surface area contributed by atoms with Crippen molar-refractivity contribution in [2.75, 3.05) is 7.05 Å². The second kappa shape index (κ2) is 96.2. The number of ether oxygens (including phenoxy) is 1. The summed E-state index contributed by atoms with van der Waals surface area (Å²) in [6.45, 7) is 10.4. The molecule has 0 aliphatic rings. The predicted octanol–water partition coefficient (Wildman–Crippen LogP) is 1.85. The molecule has 0 atom stereocenters. The molecule has 0 aliphatic heterocycles. The van der Waals surface area contributed by atoms with E-state index in [-0.39, 0.29) is 23.3 Å². The van der Waals surface area contributed by atoms with E-state index in [9.17, 15) is 9.59 Å². The van der Waals surface area contributed by atoms with Gasteiger partial charge in [-0.2, -0.15) is 0 Å². The second-order valence-corrected chi connectivity index (χ2v) is 1.09. The van der Waals surface area contributed by atoms with Crippen LogP contribution in [0, 0.1) is 0 Å². The Morgan fingerprint density at radius 3 is 0.944 bits per heavy atom. The summed E-state index contributed by atoms with van der Waals surface area (Å²) in [5, 5.41) is 0. The molecule has 0 aliphatic carbocycles. The van der Waals surface area contributed by atoms with Gasteiger partial charge >= 0.3 is 11.9 Å². The van der Waals surface area contributed by atoms with Crippen LogP contribution in [0.15, 0.2) is 0 Å². The molecule has 0 saturated carbocycles. The Morgan fingerprint density at radius 1 is 0.833 bits per heavy atom. The molecule has 7 heteroatoms. The first-order valence-electron chi connectivity index (χ1n) is 4.73. The molecular weight excluding hydrogens is 227 g/mol. The van der Waals surface area contributed by atoms with Crippen LogP contribution >= 0.6 is 0 Å². The van der Waals surface area contributed by atoms with E-state index in [1.165, 1.54) is 20.9 Å². The maximum atomic E-state index is 9.81. The Hall–Kier alpha value is -0.705. The summed E-state index contributed by atoms with van der Waals surface area (Å²) in [4.78, 5) is 19.6. The van der Waals surface area contributed by atoms with E-state index in [0.29, 0.717) is 0 Å². The van der Waals surface area contributed by atoms with Crippen LogP contribution in [0.4, 0.5) is 0 Å². The standard InChI is InChI=1S/C4H6O3.2C2H6.CH5N.2CH4.B2.B/c1-3(5)7-4(2)6;3*1-2;;;1-2;/h1-2H3;2*1-2H3;2H2,1H3;2*1H4;;. The van der Waals surface area contributed by atoms with Gasteiger partial charge in [0, 0.05) is 37.7 Å². The van der Waals surface area contributed by atoms with Crippen LogP contribution in [0.2, 0.25) is 0 Å². The Kier molecular flexibility index (Phi) is 284. The summed E-state index contributed by atoms with van der Waals surface area (Å²) in [5.41, 5.74) is 4.50. The van der Waals surface area contributed by atoms with Gasteiger partial charge < -0.3 is 10.5 Å². The van der Waals surface area contributed by atoms with E-state index in [0.717, 1.165) is 0 Å². The maximum Gasteiger partial charge on any atom is 0.310 e. The zero-order valence-corrected chi connectivity index (χ0v) is 11.5. The molecule has 2 N–H and O–H groups in total. The number of hydrogen-bond acceptors (Lipinski definition) is 4. The summed E-state index contributed by atoms with van der Waals surface area (Å²) in [6.07, 6.45) is 0. The van der Waals surface area contributed by atoms with Crippen molar-refractivity contribution in [1.82, 2.24) is 0 Å². The van der Waals surface area contributed by atoms with Gasteiger partial charge in [-0.15, -0.1) is 0 Å². The van der Waals surface area contributed by atoms with Gasteiger partial charge in [-0.25, -0.2) is 0 Å². The van der Waals surface area contributed by atoms with E-state index in [4.69, 9.17) is 0 Å². The van der Waals surface area contributed by atoms with Gasteiger partial charge in [-0.05, 0) is 7.05 Å². The van der Waals surface area contributed by atoms with Crippen molar-refractivity contribution < 1.29 is 14.3 Å². The Balaban J connectivity index is -0.0000000133. The number of carbonyl (C=O) groups is 2. The molecule has 0 unspecified atom stereocenters. The third-order valence-corrected chi connectivity index (χ3v) is 0.287. The van der Waals surface area contributed by atoms with Gasteiger partial charge in [0.15, 0.2) is 0 Å². The number of esters is 2. The summed E-state index contributed by atoms with van der Waals surface area (Å²) in [7, 11) is 9.50. The molecule has 18 heavy (non-hydrogen) atoms. The van der Waals surface area contributed by atoms with Crippen molar-refractivity contribution in [2.45, 2.75) is 56.4 Å². The Bertz CT molecular complexity index is 104. The van der Waals surface area contributed by atoms with Crippen LogP contribution < -0.4 is 5.73 Å². The smallest absolute Gasteiger partial charge is 0.310 e. The third-order valence-electron chi connectivity index (χ3n) is 0.287. The molecule has 0 saturated heterocycles. The van der Waals surface area contributed by atoms with Crippen LogP contribution in [0.5, 0.6) is 0 Å². The van der Waals surface area contributed by atoms with E-state index in [1.54, 1.807) is 0 Å². The molecule has 0 amide bonds. The van der Waals surface area contributed by atoms with Gasteiger partial charge in [0.2, 0.25) is 0 Å². The van der Waals surface area contributed by atoms with E-state index in [1.807, 2.05) is 27.7 Å². The normalized spacial score (nSPS) is 4.22. The number of hydrogen-bond donors (Lipinski definition) is 1. The topological polar surface area (TPSA) is 69.4 Å². The zero-order chi connectivity index (χ0) is 13.9. The molecule has 4 nitrogen and oxygen atoms in total. The first-order chi connectivity index (χ1) is 7.13. The average Bonchev–Trinajstić information content (AvgIpc) is 2.27. The highest BCUT2D eigenvalue weighted by Crippen LogP contribution is 1.73. The number of nitrogens with two attached hydrogens (primary N) is 1. The molecule has 0 bridgehead atoms. The van der Waals surface area contributed by atoms with Gasteiger partial charge in [0.05, 0.1) is 0 Å². The van der Waals surface area contributed by atoms with Crippen LogP contribution in [-0.2, 0) is 14.3 Å². The minimum atomic E-state index is -0.562. The van der Waals surface area contributed by atoms with Crippen molar-refractivity contribution in [2.24, 2.45) is 5.73 Å². The lowest BCUT2D eigenvalue weighted by Gasteiger charge is -1.87. The van der Waals surface area contributed by atoms with Crippen LogP contribution in [0.3, 0.4) is 0 Å². The van der Waals surface area contributed by atoms with Gasteiger partial charge in [-0.1, -0.05) is 42.5 Å². The molecule has 107 valence electrons. The highest BCUT2D eigenvalue weighted by atomic mass is 16.6. The van der Waals surface area contributed by atoms with Gasteiger partial charge in [0.1, 0.15) is 0 Å². The number of rotatable bonds is 0. The lowest BCUT2D eigenvalue weighted by atomic mass is 9.81. The SMILES string of the molecule is C.C.CC.CC.CC(=O)OC(C)=O.CN.[B].[B][B]. The monoisotopic (exact) mass is 258 g/mol. The molecule has 0 fully saturated rings. The minimum absolute atomic E-state index is 0. The fourth-order valence-electron chi connectivity index (χ4n) is 0.202. The summed E-state index contributed by atoms with van der Waals surface area (Å²) < 4.78 is 3.97. The Labute approximate surface area is 120 Å². The molecule has 0 heterocycles. The molecular formula is C11H31B3NO3. The Morgan fingerprint density at radius 2 is 0.944 bits per heavy atom. The summed E-state index contributed by atoms with van der Waals surface area (Å²) >= 11 is 0. The quantitative estimate of drug-likeness (QED) is 0.409. The molecule has 0 rings (SSSR count). The maximum absolute atomic E-state index is 9.81. The first kappa shape index (κ1) is 53.2. The molecule has 0 aromatic heterocycles. The highest BCUT2D eigenvalue weighted by Gasteiger charge is 1.93. The highest BCUT2D eigenvalue weighted by molar-refractivity contribution is 6.75. The zero-order valence-electron chi connectivity index (χ0n) is 11.5. The van der Waals surface area contributed by atoms with Crippen molar-refractivity contribution in [3.8, 4) is 0 Å².